The largest absolute Gasteiger partial charge is 0.418 e. The highest BCUT2D eigenvalue weighted by molar-refractivity contribution is 5.86. The Bertz CT molecular complexity index is 1460. The summed E-state index contributed by atoms with van der Waals surface area (Å²) in [6, 6.07) is 6.79. The standard InChI is InChI=1S/C20H9F6N5O3/c21-19(22,23)12-5-11(6-13(7-12)31(32)33)18-28-16(29-34-18)9-30-4-3-14-15(30)2-1-10(8-27)17(14)20(24,25)26/h1-7H,9H2. The number of nitro groups is 1. The van der Waals surface area contributed by atoms with Crippen LogP contribution in [0.3, 0.4) is 0 Å². The molecule has 0 saturated heterocycles. The molecule has 174 valence electrons. The van der Waals surface area contributed by atoms with Crippen molar-refractivity contribution in [2.75, 3.05) is 0 Å². The van der Waals surface area contributed by atoms with E-state index in [0.29, 0.717) is 12.1 Å². The van der Waals surface area contributed by atoms with Gasteiger partial charge in [-0.05, 0) is 24.3 Å². The van der Waals surface area contributed by atoms with Crippen LogP contribution in [-0.2, 0) is 18.9 Å². The van der Waals surface area contributed by atoms with Gasteiger partial charge in [0, 0.05) is 34.8 Å². The zero-order valence-electron chi connectivity index (χ0n) is 16.5. The molecule has 0 atom stereocenters. The molecule has 0 aliphatic heterocycles. The molecule has 14 heteroatoms. The Morgan fingerprint density at radius 2 is 1.82 bits per heavy atom. The number of hydrogen-bond donors (Lipinski definition) is 0. The molecule has 0 aliphatic carbocycles. The lowest BCUT2D eigenvalue weighted by molar-refractivity contribution is -0.385. The Balaban J connectivity index is 1.72. The smallest absolute Gasteiger partial charge is 0.340 e. The summed E-state index contributed by atoms with van der Waals surface area (Å²) in [5.41, 5.74) is -4.03. The van der Waals surface area contributed by atoms with E-state index in [1.54, 1.807) is 0 Å². The van der Waals surface area contributed by atoms with Gasteiger partial charge in [0.1, 0.15) is 0 Å². The van der Waals surface area contributed by atoms with Crippen molar-refractivity contribution >= 4 is 16.6 Å². The van der Waals surface area contributed by atoms with Gasteiger partial charge in [0.15, 0.2) is 5.82 Å². The second kappa shape index (κ2) is 7.87. The van der Waals surface area contributed by atoms with E-state index < -0.39 is 45.5 Å². The van der Waals surface area contributed by atoms with Gasteiger partial charge in [-0.3, -0.25) is 10.1 Å². The van der Waals surface area contributed by atoms with Gasteiger partial charge < -0.3 is 9.09 Å². The van der Waals surface area contributed by atoms with Crippen LogP contribution >= 0.6 is 0 Å². The average molecular weight is 481 g/mol. The van der Waals surface area contributed by atoms with Crippen LogP contribution < -0.4 is 0 Å². The summed E-state index contributed by atoms with van der Waals surface area (Å²) in [5, 5.41) is 23.4. The topological polar surface area (TPSA) is 111 Å². The zero-order valence-corrected chi connectivity index (χ0v) is 16.5. The Hall–Kier alpha value is -4.41. The molecular formula is C20H9F6N5O3. The van der Waals surface area contributed by atoms with Crippen LogP contribution in [-0.4, -0.2) is 19.6 Å². The average Bonchev–Trinajstić information content (AvgIpc) is 3.39. The lowest BCUT2D eigenvalue weighted by Crippen LogP contribution is -2.09. The van der Waals surface area contributed by atoms with Crippen LogP contribution in [0.4, 0.5) is 32.0 Å². The van der Waals surface area contributed by atoms with Crippen molar-refractivity contribution < 1.29 is 35.8 Å². The van der Waals surface area contributed by atoms with E-state index in [-0.39, 0.29) is 28.8 Å². The van der Waals surface area contributed by atoms with Crippen LogP contribution in [0.15, 0.2) is 47.1 Å². The molecule has 2 heterocycles. The first-order chi connectivity index (χ1) is 15.9. The van der Waals surface area contributed by atoms with Gasteiger partial charge in [-0.2, -0.15) is 36.6 Å². The van der Waals surface area contributed by atoms with E-state index in [1.807, 2.05) is 0 Å². The van der Waals surface area contributed by atoms with Crippen LogP contribution in [0.5, 0.6) is 0 Å². The molecule has 2 aromatic carbocycles. The Labute approximate surface area is 184 Å². The highest BCUT2D eigenvalue weighted by atomic mass is 19.4. The number of nitriles is 1. The van der Waals surface area contributed by atoms with Gasteiger partial charge in [0.25, 0.3) is 11.6 Å². The maximum atomic E-state index is 13.5. The van der Waals surface area contributed by atoms with Crippen molar-refractivity contribution in [1.82, 2.24) is 14.7 Å². The number of fused-ring (bicyclic) bond motifs is 1. The number of nitro benzene ring substituents is 1. The summed E-state index contributed by atoms with van der Waals surface area (Å²) in [6.07, 6.45) is -8.35. The molecule has 0 amide bonds. The molecule has 0 unspecified atom stereocenters. The van der Waals surface area contributed by atoms with Crippen LogP contribution in [0, 0.1) is 21.4 Å². The van der Waals surface area contributed by atoms with E-state index in [2.05, 4.69) is 10.1 Å². The fourth-order valence-corrected chi connectivity index (χ4v) is 3.40. The van der Waals surface area contributed by atoms with E-state index in [9.17, 15) is 36.5 Å². The third-order valence-corrected chi connectivity index (χ3v) is 4.84. The first-order valence-corrected chi connectivity index (χ1v) is 9.17. The second-order valence-electron chi connectivity index (χ2n) is 7.01. The monoisotopic (exact) mass is 481 g/mol. The molecule has 8 nitrogen and oxygen atoms in total. The van der Waals surface area contributed by atoms with Crippen molar-refractivity contribution in [2.45, 2.75) is 18.9 Å². The Morgan fingerprint density at radius 3 is 2.44 bits per heavy atom. The van der Waals surface area contributed by atoms with E-state index in [0.717, 1.165) is 18.2 Å². The molecule has 4 aromatic rings. The number of rotatable bonds is 4. The molecule has 0 aliphatic rings. The molecule has 0 N–H and O–H groups in total. The van der Waals surface area contributed by atoms with Gasteiger partial charge in [-0.25, -0.2) is 0 Å². The first kappa shape index (κ1) is 22.8. The minimum atomic E-state index is -4.87. The molecular weight excluding hydrogens is 472 g/mol. The molecule has 0 spiro atoms. The van der Waals surface area contributed by atoms with Crippen molar-refractivity contribution in [2.24, 2.45) is 0 Å². The predicted molar refractivity (Wildman–Crippen MR) is 102 cm³/mol. The van der Waals surface area contributed by atoms with Gasteiger partial charge in [-0.1, -0.05) is 5.16 Å². The van der Waals surface area contributed by atoms with Crippen molar-refractivity contribution in [3.63, 3.8) is 0 Å². The summed E-state index contributed by atoms with van der Waals surface area (Å²) in [7, 11) is 0. The summed E-state index contributed by atoms with van der Waals surface area (Å²) >= 11 is 0. The summed E-state index contributed by atoms with van der Waals surface area (Å²) < 4.78 is 86.0. The summed E-state index contributed by atoms with van der Waals surface area (Å²) in [5.74, 6) is -0.547. The van der Waals surface area contributed by atoms with Crippen molar-refractivity contribution in [3.8, 4) is 17.5 Å². The highest BCUT2D eigenvalue weighted by Gasteiger charge is 2.36. The SMILES string of the molecule is N#Cc1ccc2c(ccn2Cc2noc(-c3cc([N+](=O)[O-])cc(C(F)(F)F)c3)n2)c1C(F)(F)F. The number of halogens is 6. The fraction of sp³-hybridized carbons (Fsp3) is 0.150. The number of nitrogens with zero attached hydrogens (tertiary/aromatic N) is 5. The van der Waals surface area contributed by atoms with Gasteiger partial charge in [0.05, 0.1) is 34.2 Å². The fourth-order valence-electron chi connectivity index (χ4n) is 3.40. The molecule has 0 fully saturated rings. The highest BCUT2D eigenvalue weighted by Crippen LogP contribution is 2.38. The molecule has 0 radical (unpaired) electrons. The third kappa shape index (κ3) is 4.15. The number of benzene rings is 2. The maximum absolute atomic E-state index is 13.5. The number of aromatic nitrogens is 3. The van der Waals surface area contributed by atoms with Crippen LogP contribution in [0.2, 0.25) is 0 Å². The summed E-state index contributed by atoms with van der Waals surface area (Å²) in [4.78, 5) is 13.9. The van der Waals surface area contributed by atoms with Gasteiger partial charge in [-0.15, -0.1) is 0 Å². The molecule has 0 bridgehead atoms. The number of hydrogen-bond acceptors (Lipinski definition) is 6. The quantitative estimate of drug-likeness (QED) is 0.215. The number of non-ortho nitro benzene ring substituents is 1. The minimum absolute atomic E-state index is 0.104. The van der Waals surface area contributed by atoms with Gasteiger partial charge >= 0.3 is 12.4 Å². The van der Waals surface area contributed by atoms with Crippen LogP contribution in [0.1, 0.15) is 22.5 Å². The first-order valence-electron chi connectivity index (χ1n) is 9.17. The van der Waals surface area contributed by atoms with E-state index in [4.69, 9.17) is 9.78 Å². The van der Waals surface area contributed by atoms with E-state index >= 15 is 0 Å². The summed E-state index contributed by atoms with van der Waals surface area (Å²) in [6.45, 7) is -0.225. The lowest BCUT2D eigenvalue weighted by atomic mass is 10.0. The van der Waals surface area contributed by atoms with Crippen molar-refractivity contribution in [1.29, 1.82) is 5.26 Å². The normalized spacial score (nSPS) is 12.1. The second-order valence-corrected chi connectivity index (χ2v) is 7.01. The van der Waals surface area contributed by atoms with Crippen LogP contribution in [0.25, 0.3) is 22.4 Å². The lowest BCUT2D eigenvalue weighted by Gasteiger charge is -2.11. The predicted octanol–water partition coefficient (Wildman–Crippen LogP) is 5.56. The molecule has 4 rings (SSSR count). The molecule has 0 saturated carbocycles. The van der Waals surface area contributed by atoms with Crippen molar-refractivity contribution in [3.05, 3.63) is 75.2 Å². The number of alkyl halides is 6. The molecule has 2 aromatic heterocycles. The third-order valence-electron chi connectivity index (χ3n) is 4.84. The Morgan fingerprint density at radius 1 is 1.09 bits per heavy atom. The van der Waals surface area contributed by atoms with E-state index in [1.165, 1.54) is 22.9 Å². The Kier molecular flexibility index (Phi) is 5.27. The van der Waals surface area contributed by atoms with Gasteiger partial charge in [0.2, 0.25) is 0 Å². The molecule has 34 heavy (non-hydrogen) atoms. The minimum Gasteiger partial charge on any atom is -0.340 e. The zero-order chi connectivity index (χ0) is 24.8. The maximum Gasteiger partial charge on any atom is 0.418 e.